The second kappa shape index (κ2) is 7.75. The van der Waals surface area contributed by atoms with Crippen LogP contribution in [0, 0.1) is 0 Å². The van der Waals surface area contributed by atoms with Gasteiger partial charge in [-0.1, -0.05) is 12.1 Å². The van der Waals surface area contributed by atoms with Crippen LogP contribution in [0.4, 0.5) is 5.69 Å². The van der Waals surface area contributed by atoms with Gasteiger partial charge < -0.3 is 16.8 Å². The van der Waals surface area contributed by atoms with E-state index in [1.165, 1.54) is 12.1 Å². The Balaban J connectivity index is 2.83. The lowest BCUT2D eigenvalue weighted by Gasteiger charge is -2.15. The van der Waals surface area contributed by atoms with E-state index in [0.29, 0.717) is 6.42 Å². The van der Waals surface area contributed by atoms with E-state index in [-0.39, 0.29) is 30.8 Å². The summed E-state index contributed by atoms with van der Waals surface area (Å²) in [6.07, 6.45) is 0.646. The standard InChI is InChI=1S/C13H16N4O4/c14-6-3-7-17(8-18)13(21)12(20)16-10-5-2-1-4-9(10)11(15)19/h1-2,4-5,8H,3,6-7,14H2,(H2,15,19)(H,16,20). The molecule has 4 amide bonds. The fraction of sp³-hybridized carbons (Fsp3) is 0.231. The molecule has 8 nitrogen and oxygen atoms in total. The maximum atomic E-state index is 11.8. The van der Waals surface area contributed by atoms with Crippen LogP contribution in [0.5, 0.6) is 0 Å². The van der Waals surface area contributed by atoms with E-state index in [1.807, 2.05) is 0 Å². The van der Waals surface area contributed by atoms with Crippen LogP contribution in [0.2, 0.25) is 0 Å². The number of nitrogens with one attached hydrogen (secondary N) is 1. The minimum atomic E-state index is -1.03. The molecule has 0 heterocycles. The van der Waals surface area contributed by atoms with Gasteiger partial charge in [-0.25, -0.2) is 0 Å². The Hall–Kier alpha value is -2.74. The molecule has 0 bridgehead atoms. The highest BCUT2D eigenvalue weighted by atomic mass is 16.2. The van der Waals surface area contributed by atoms with E-state index in [0.717, 1.165) is 4.90 Å². The molecule has 0 aliphatic rings. The third-order valence-electron chi connectivity index (χ3n) is 2.63. The van der Waals surface area contributed by atoms with E-state index in [1.54, 1.807) is 12.1 Å². The molecule has 8 heteroatoms. The first-order chi connectivity index (χ1) is 10.0. The van der Waals surface area contributed by atoms with Crippen LogP contribution in [0.3, 0.4) is 0 Å². The molecule has 1 rings (SSSR count). The Bertz CT molecular complexity index is 559. The average molecular weight is 292 g/mol. The van der Waals surface area contributed by atoms with Gasteiger partial charge >= 0.3 is 11.8 Å². The minimum Gasteiger partial charge on any atom is -0.366 e. The molecule has 1 aromatic rings. The van der Waals surface area contributed by atoms with Crippen molar-refractivity contribution in [3.05, 3.63) is 29.8 Å². The number of carbonyl (C=O) groups excluding carboxylic acids is 4. The molecule has 0 aliphatic carbocycles. The summed E-state index contributed by atoms with van der Waals surface area (Å²) in [6.45, 7) is 0.327. The van der Waals surface area contributed by atoms with Gasteiger partial charge in [0.1, 0.15) is 0 Å². The Kier molecular flexibility index (Phi) is 6.02. The number of carbonyl (C=O) groups is 4. The van der Waals surface area contributed by atoms with Gasteiger partial charge in [0.15, 0.2) is 0 Å². The molecule has 0 unspecified atom stereocenters. The lowest BCUT2D eigenvalue weighted by molar-refractivity contribution is -0.146. The van der Waals surface area contributed by atoms with E-state index in [2.05, 4.69) is 5.32 Å². The maximum absolute atomic E-state index is 11.8. The summed E-state index contributed by atoms with van der Waals surface area (Å²) in [5.41, 5.74) is 10.6. The zero-order valence-electron chi connectivity index (χ0n) is 11.2. The molecule has 112 valence electrons. The Morgan fingerprint density at radius 2 is 1.90 bits per heavy atom. The molecule has 0 saturated heterocycles. The highest BCUT2D eigenvalue weighted by Gasteiger charge is 2.22. The van der Waals surface area contributed by atoms with Crippen LogP contribution in [0.25, 0.3) is 0 Å². The van der Waals surface area contributed by atoms with E-state index in [9.17, 15) is 19.2 Å². The summed E-state index contributed by atoms with van der Waals surface area (Å²) < 4.78 is 0. The summed E-state index contributed by atoms with van der Waals surface area (Å²) in [5, 5.41) is 2.26. The van der Waals surface area contributed by atoms with Crippen molar-refractivity contribution in [2.75, 3.05) is 18.4 Å². The van der Waals surface area contributed by atoms with Crippen molar-refractivity contribution in [1.29, 1.82) is 0 Å². The number of primary amides is 1. The summed E-state index contributed by atoms with van der Waals surface area (Å²) in [4.78, 5) is 46.3. The van der Waals surface area contributed by atoms with Gasteiger partial charge in [-0.15, -0.1) is 0 Å². The van der Waals surface area contributed by atoms with Gasteiger partial charge in [-0.3, -0.25) is 24.1 Å². The van der Waals surface area contributed by atoms with Crippen molar-refractivity contribution >= 4 is 29.8 Å². The average Bonchev–Trinajstić information content (AvgIpc) is 2.48. The van der Waals surface area contributed by atoms with Gasteiger partial charge in [-0.05, 0) is 25.1 Å². The van der Waals surface area contributed by atoms with Crippen molar-refractivity contribution in [3.8, 4) is 0 Å². The van der Waals surface area contributed by atoms with Crippen molar-refractivity contribution in [3.63, 3.8) is 0 Å². The molecule has 0 aliphatic heterocycles. The summed E-state index contributed by atoms with van der Waals surface area (Å²) >= 11 is 0. The zero-order chi connectivity index (χ0) is 15.8. The summed E-state index contributed by atoms with van der Waals surface area (Å²) in [5.74, 6) is -2.81. The predicted octanol–water partition coefficient (Wildman–Crippen LogP) is -0.942. The highest BCUT2D eigenvalue weighted by molar-refractivity contribution is 6.41. The highest BCUT2D eigenvalue weighted by Crippen LogP contribution is 2.14. The second-order valence-corrected chi connectivity index (χ2v) is 4.11. The summed E-state index contributed by atoms with van der Waals surface area (Å²) in [7, 11) is 0. The van der Waals surface area contributed by atoms with Crippen LogP contribution >= 0.6 is 0 Å². The van der Waals surface area contributed by atoms with E-state index >= 15 is 0 Å². The normalized spacial score (nSPS) is 9.76. The number of para-hydroxylation sites is 1. The molecule has 0 spiro atoms. The van der Waals surface area contributed by atoms with Crippen molar-refractivity contribution < 1.29 is 19.2 Å². The van der Waals surface area contributed by atoms with Crippen LogP contribution in [-0.2, 0) is 14.4 Å². The van der Waals surface area contributed by atoms with Gasteiger partial charge in [0, 0.05) is 6.54 Å². The fourth-order valence-corrected chi connectivity index (χ4v) is 1.58. The Labute approximate surface area is 121 Å². The topological polar surface area (TPSA) is 136 Å². The third kappa shape index (κ3) is 4.39. The van der Waals surface area contributed by atoms with Gasteiger partial charge in [0.2, 0.25) is 6.41 Å². The first-order valence-electron chi connectivity index (χ1n) is 6.17. The Morgan fingerprint density at radius 3 is 2.48 bits per heavy atom. The molecule has 0 aromatic heterocycles. The molecular formula is C13H16N4O4. The summed E-state index contributed by atoms with van der Waals surface area (Å²) in [6, 6.07) is 5.97. The zero-order valence-corrected chi connectivity index (χ0v) is 11.2. The molecule has 0 atom stereocenters. The van der Waals surface area contributed by atoms with E-state index in [4.69, 9.17) is 11.5 Å². The maximum Gasteiger partial charge on any atom is 0.318 e. The number of nitrogens with zero attached hydrogens (tertiary/aromatic N) is 1. The molecular weight excluding hydrogens is 276 g/mol. The SMILES string of the molecule is NCCCN(C=O)C(=O)C(=O)Nc1ccccc1C(N)=O. The predicted molar refractivity (Wildman–Crippen MR) is 75.0 cm³/mol. The molecule has 1 aromatic carbocycles. The van der Waals surface area contributed by atoms with Crippen LogP contribution in [0.15, 0.2) is 24.3 Å². The fourth-order valence-electron chi connectivity index (χ4n) is 1.58. The Morgan fingerprint density at radius 1 is 1.24 bits per heavy atom. The number of benzene rings is 1. The third-order valence-corrected chi connectivity index (χ3v) is 2.63. The van der Waals surface area contributed by atoms with Gasteiger partial charge in [0.25, 0.3) is 5.91 Å². The first-order valence-corrected chi connectivity index (χ1v) is 6.17. The minimum absolute atomic E-state index is 0.0454. The molecule has 5 N–H and O–H groups in total. The lowest BCUT2D eigenvalue weighted by atomic mass is 10.1. The van der Waals surface area contributed by atoms with Crippen molar-refractivity contribution in [2.24, 2.45) is 11.5 Å². The molecule has 0 saturated carbocycles. The van der Waals surface area contributed by atoms with Crippen molar-refractivity contribution in [1.82, 2.24) is 4.90 Å². The van der Waals surface area contributed by atoms with Crippen LogP contribution in [0.1, 0.15) is 16.8 Å². The largest absolute Gasteiger partial charge is 0.366 e. The number of anilines is 1. The smallest absolute Gasteiger partial charge is 0.318 e. The van der Waals surface area contributed by atoms with Gasteiger partial charge in [-0.2, -0.15) is 0 Å². The van der Waals surface area contributed by atoms with Gasteiger partial charge in [0.05, 0.1) is 11.3 Å². The quantitative estimate of drug-likeness (QED) is 0.459. The lowest BCUT2D eigenvalue weighted by Crippen LogP contribution is -2.40. The monoisotopic (exact) mass is 292 g/mol. The van der Waals surface area contributed by atoms with Crippen LogP contribution < -0.4 is 16.8 Å². The molecule has 0 fully saturated rings. The molecule has 21 heavy (non-hydrogen) atoms. The number of amides is 4. The van der Waals surface area contributed by atoms with Crippen LogP contribution in [-0.4, -0.2) is 42.1 Å². The number of imide groups is 1. The second-order valence-electron chi connectivity index (χ2n) is 4.11. The number of nitrogens with two attached hydrogens (primary N) is 2. The van der Waals surface area contributed by atoms with Crippen molar-refractivity contribution in [2.45, 2.75) is 6.42 Å². The first kappa shape index (κ1) is 16.3. The van der Waals surface area contributed by atoms with E-state index < -0.39 is 17.7 Å². The molecule has 0 radical (unpaired) electrons. The number of rotatable bonds is 6. The number of hydrogen-bond acceptors (Lipinski definition) is 5. The number of hydrogen-bond donors (Lipinski definition) is 3.